The molecule has 2 nitrogen and oxygen atoms in total. The molecule has 3 aromatic carbocycles. The molecule has 2 heteroatoms. The zero-order valence-corrected chi connectivity index (χ0v) is 13.9. The molecule has 122 valence electrons. The average molecular weight is 318 g/mol. The lowest BCUT2D eigenvalue weighted by Crippen LogP contribution is -2.34. The van der Waals surface area contributed by atoms with Crippen LogP contribution in [0.25, 0.3) is 0 Å². The third-order valence-corrected chi connectivity index (χ3v) is 4.15. The maximum absolute atomic E-state index is 6.50. The van der Waals surface area contributed by atoms with Gasteiger partial charge in [0.2, 0.25) is 0 Å². The zero-order valence-electron chi connectivity index (χ0n) is 13.9. The molecule has 0 saturated heterocycles. The van der Waals surface area contributed by atoms with E-state index in [4.69, 9.17) is 9.47 Å². The first-order chi connectivity index (χ1) is 11.9. The third kappa shape index (κ3) is 3.25. The number of rotatable bonds is 7. The molecular formula is C22H22O2. The Labute approximate surface area is 143 Å². The van der Waals surface area contributed by atoms with Crippen molar-refractivity contribution in [1.29, 1.82) is 0 Å². The lowest BCUT2D eigenvalue weighted by molar-refractivity contribution is -0.0148. The largest absolute Gasteiger partial charge is 0.382 e. The SMILES string of the molecule is COCCOC(c1ccccc1)(c1ccccc1)c1ccccc1. The Kier molecular flexibility index (Phi) is 5.42. The first-order valence-electron chi connectivity index (χ1n) is 8.17. The number of hydrogen-bond donors (Lipinski definition) is 0. The van der Waals surface area contributed by atoms with Crippen LogP contribution in [0.5, 0.6) is 0 Å². The van der Waals surface area contributed by atoms with Crippen molar-refractivity contribution in [3.8, 4) is 0 Å². The van der Waals surface area contributed by atoms with Gasteiger partial charge in [-0.15, -0.1) is 0 Å². The normalized spacial score (nSPS) is 11.4. The van der Waals surface area contributed by atoms with Crippen molar-refractivity contribution in [2.45, 2.75) is 5.60 Å². The highest BCUT2D eigenvalue weighted by Gasteiger charge is 2.37. The Balaban J connectivity index is 2.20. The summed E-state index contributed by atoms with van der Waals surface area (Å²) in [6, 6.07) is 31.1. The van der Waals surface area contributed by atoms with E-state index in [1.54, 1.807) is 7.11 Å². The van der Waals surface area contributed by atoms with Gasteiger partial charge in [-0.25, -0.2) is 0 Å². The molecule has 0 heterocycles. The molecule has 0 spiro atoms. The van der Waals surface area contributed by atoms with Gasteiger partial charge in [-0.05, 0) is 16.7 Å². The fraction of sp³-hybridized carbons (Fsp3) is 0.182. The quantitative estimate of drug-likeness (QED) is 0.467. The average Bonchev–Trinajstić information content (AvgIpc) is 2.68. The van der Waals surface area contributed by atoms with Gasteiger partial charge in [-0.1, -0.05) is 91.0 Å². The zero-order chi connectivity index (χ0) is 16.7. The minimum Gasteiger partial charge on any atom is -0.382 e. The van der Waals surface area contributed by atoms with Crippen LogP contribution in [0.4, 0.5) is 0 Å². The molecule has 0 aliphatic carbocycles. The third-order valence-electron chi connectivity index (χ3n) is 4.15. The van der Waals surface area contributed by atoms with Gasteiger partial charge >= 0.3 is 0 Å². The maximum Gasteiger partial charge on any atom is 0.143 e. The van der Waals surface area contributed by atoms with Crippen molar-refractivity contribution in [1.82, 2.24) is 0 Å². The summed E-state index contributed by atoms with van der Waals surface area (Å²) in [4.78, 5) is 0. The van der Waals surface area contributed by atoms with Gasteiger partial charge in [0.05, 0.1) is 13.2 Å². The van der Waals surface area contributed by atoms with Crippen LogP contribution in [0.2, 0.25) is 0 Å². The molecule has 0 aliphatic rings. The summed E-state index contributed by atoms with van der Waals surface area (Å²) in [7, 11) is 1.69. The number of ether oxygens (including phenoxy) is 2. The summed E-state index contributed by atoms with van der Waals surface area (Å²) in [5, 5.41) is 0. The molecule has 0 aliphatic heterocycles. The van der Waals surface area contributed by atoms with Gasteiger partial charge in [-0.3, -0.25) is 0 Å². The van der Waals surface area contributed by atoms with Crippen molar-refractivity contribution in [2.75, 3.05) is 20.3 Å². The molecule has 0 amide bonds. The topological polar surface area (TPSA) is 18.5 Å². The van der Waals surface area contributed by atoms with E-state index < -0.39 is 5.60 Å². The second kappa shape index (κ2) is 7.91. The molecule has 0 radical (unpaired) electrons. The van der Waals surface area contributed by atoms with E-state index in [0.717, 1.165) is 16.7 Å². The Hall–Kier alpha value is -2.42. The molecule has 0 bridgehead atoms. The number of hydrogen-bond acceptors (Lipinski definition) is 2. The standard InChI is InChI=1S/C22H22O2/c1-23-17-18-24-22(19-11-5-2-6-12-19,20-13-7-3-8-14-20)21-15-9-4-10-16-21/h2-16H,17-18H2,1H3. The fourth-order valence-corrected chi connectivity index (χ4v) is 3.05. The molecule has 0 saturated carbocycles. The number of benzene rings is 3. The molecular weight excluding hydrogens is 296 g/mol. The van der Waals surface area contributed by atoms with Crippen molar-refractivity contribution in [3.63, 3.8) is 0 Å². The van der Waals surface area contributed by atoms with Gasteiger partial charge in [0.25, 0.3) is 0 Å². The minimum absolute atomic E-state index is 0.509. The van der Waals surface area contributed by atoms with E-state index in [-0.39, 0.29) is 0 Å². The Morgan fingerprint density at radius 1 is 0.583 bits per heavy atom. The summed E-state index contributed by atoms with van der Waals surface area (Å²) in [5.74, 6) is 0. The van der Waals surface area contributed by atoms with Crippen molar-refractivity contribution < 1.29 is 9.47 Å². The summed E-state index contributed by atoms with van der Waals surface area (Å²) in [5.41, 5.74) is 2.68. The lowest BCUT2D eigenvalue weighted by atomic mass is 9.80. The summed E-state index contributed by atoms with van der Waals surface area (Å²) in [6.07, 6.45) is 0. The molecule has 0 unspecified atom stereocenters. The van der Waals surface area contributed by atoms with Crippen LogP contribution in [0.15, 0.2) is 91.0 Å². The smallest absolute Gasteiger partial charge is 0.143 e. The second-order valence-electron chi connectivity index (χ2n) is 5.62. The van der Waals surface area contributed by atoms with Crippen molar-refractivity contribution in [2.24, 2.45) is 0 Å². The summed E-state index contributed by atoms with van der Waals surface area (Å²) >= 11 is 0. The first-order valence-corrected chi connectivity index (χ1v) is 8.17. The van der Waals surface area contributed by atoms with Crippen LogP contribution in [0.1, 0.15) is 16.7 Å². The summed E-state index contributed by atoms with van der Waals surface area (Å²) < 4.78 is 11.7. The highest BCUT2D eigenvalue weighted by molar-refractivity contribution is 5.47. The van der Waals surface area contributed by atoms with Crippen molar-refractivity contribution in [3.05, 3.63) is 108 Å². The predicted molar refractivity (Wildman–Crippen MR) is 97.0 cm³/mol. The van der Waals surface area contributed by atoms with E-state index in [0.29, 0.717) is 13.2 Å². The Morgan fingerprint density at radius 2 is 0.958 bits per heavy atom. The van der Waals surface area contributed by atoms with Crippen LogP contribution in [0, 0.1) is 0 Å². The maximum atomic E-state index is 6.50. The van der Waals surface area contributed by atoms with E-state index in [1.807, 2.05) is 18.2 Å². The predicted octanol–water partition coefficient (Wildman–Crippen LogP) is 4.64. The molecule has 0 atom stereocenters. The Bertz CT molecular complexity index is 627. The van der Waals surface area contributed by atoms with E-state index in [9.17, 15) is 0 Å². The van der Waals surface area contributed by atoms with E-state index >= 15 is 0 Å². The van der Waals surface area contributed by atoms with Gasteiger partial charge in [0, 0.05) is 7.11 Å². The molecule has 0 N–H and O–H groups in total. The van der Waals surface area contributed by atoms with Gasteiger partial charge in [0.1, 0.15) is 5.60 Å². The molecule has 3 aromatic rings. The van der Waals surface area contributed by atoms with Gasteiger partial charge in [0.15, 0.2) is 0 Å². The fourth-order valence-electron chi connectivity index (χ4n) is 3.05. The van der Waals surface area contributed by atoms with Crippen LogP contribution < -0.4 is 0 Å². The van der Waals surface area contributed by atoms with Gasteiger partial charge in [-0.2, -0.15) is 0 Å². The molecule has 0 aromatic heterocycles. The highest BCUT2D eigenvalue weighted by Crippen LogP contribution is 2.40. The second-order valence-corrected chi connectivity index (χ2v) is 5.62. The van der Waals surface area contributed by atoms with E-state index in [2.05, 4.69) is 72.8 Å². The van der Waals surface area contributed by atoms with Crippen LogP contribution >= 0.6 is 0 Å². The van der Waals surface area contributed by atoms with Crippen LogP contribution in [-0.4, -0.2) is 20.3 Å². The van der Waals surface area contributed by atoms with Crippen LogP contribution in [-0.2, 0) is 15.1 Å². The minimum atomic E-state index is -0.650. The van der Waals surface area contributed by atoms with Crippen LogP contribution in [0.3, 0.4) is 0 Å². The van der Waals surface area contributed by atoms with Gasteiger partial charge < -0.3 is 9.47 Å². The first kappa shape index (κ1) is 16.4. The van der Waals surface area contributed by atoms with Crippen molar-refractivity contribution >= 4 is 0 Å². The van der Waals surface area contributed by atoms with E-state index in [1.165, 1.54) is 0 Å². The number of methoxy groups -OCH3 is 1. The Morgan fingerprint density at radius 3 is 1.29 bits per heavy atom. The molecule has 3 rings (SSSR count). The lowest BCUT2D eigenvalue weighted by Gasteiger charge is -2.35. The molecule has 24 heavy (non-hydrogen) atoms. The monoisotopic (exact) mass is 318 g/mol. The summed E-state index contributed by atoms with van der Waals surface area (Å²) in [6.45, 7) is 1.06. The molecule has 0 fully saturated rings. The highest BCUT2D eigenvalue weighted by atomic mass is 16.5.